The van der Waals surface area contributed by atoms with E-state index in [4.69, 9.17) is 0 Å². The van der Waals surface area contributed by atoms with E-state index in [2.05, 4.69) is 33.0 Å². The van der Waals surface area contributed by atoms with Crippen LogP contribution in [0.2, 0.25) is 0 Å². The lowest BCUT2D eigenvalue weighted by atomic mass is 9.89. The lowest BCUT2D eigenvalue weighted by molar-refractivity contribution is 0.310. The van der Waals surface area contributed by atoms with E-state index in [1.54, 1.807) is 0 Å². The summed E-state index contributed by atoms with van der Waals surface area (Å²) in [6, 6.07) is 1.62. The normalized spacial score (nSPS) is 42.2. The van der Waals surface area contributed by atoms with Gasteiger partial charge in [-0.05, 0) is 55.8 Å². The molecule has 2 saturated carbocycles. The molecule has 1 N–H and O–H groups in total. The van der Waals surface area contributed by atoms with Crippen molar-refractivity contribution < 1.29 is 0 Å². The van der Waals surface area contributed by atoms with Crippen LogP contribution in [0.15, 0.2) is 0 Å². The van der Waals surface area contributed by atoms with Gasteiger partial charge < -0.3 is 5.32 Å². The highest BCUT2D eigenvalue weighted by Crippen LogP contribution is 2.33. The summed E-state index contributed by atoms with van der Waals surface area (Å²) in [6.45, 7) is 9.68. The van der Waals surface area contributed by atoms with Crippen LogP contribution in [0.25, 0.3) is 0 Å². The second-order valence-corrected chi connectivity index (χ2v) is 7.40. The van der Waals surface area contributed by atoms with E-state index >= 15 is 0 Å². The van der Waals surface area contributed by atoms with E-state index in [9.17, 15) is 0 Å². The van der Waals surface area contributed by atoms with Gasteiger partial charge in [-0.15, -0.1) is 0 Å². The Hall–Kier alpha value is -0.0400. The fraction of sp³-hybridized carbons (Fsp3) is 1.00. The summed E-state index contributed by atoms with van der Waals surface area (Å²) in [5, 5.41) is 4.00. The Balaban J connectivity index is 1.80. The molecule has 1 nitrogen and oxygen atoms in total. The highest BCUT2D eigenvalue weighted by Gasteiger charge is 2.31. The molecule has 0 aromatic carbocycles. The average molecular weight is 251 g/mol. The zero-order valence-corrected chi connectivity index (χ0v) is 12.9. The van der Waals surface area contributed by atoms with Crippen molar-refractivity contribution in [2.24, 2.45) is 23.7 Å². The van der Waals surface area contributed by atoms with Gasteiger partial charge >= 0.3 is 0 Å². The van der Waals surface area contributed by atoms with Crippen LogP contribution in [0, 0.1) is 23.7 Å². The summed E-state index contributed by atoms with van der Waals surface area (Å²) in [4.78, 5) is 0. The van der Waals surface area contributed by atoms with Crippen molar-refractivity contribution in [2.45, 2.75) is 84.7 Å². The van der Waals surface area contributed by atoms with E-state index in [1.807, 2.05) is 0 Å². The summed E-state index contributed by atoms with van der Waals surface area (Å²) < 4.78 is 0. The first-order valence-electron chi connectivity index (χ1n) is 8.34. The summed E-state index contributed by atoms with van der Waals surface area (Å²) in [5.41, 5.74) is 0. The van der Waals surface area contributed by atoms with Crippen LogP contribution < -0.4 is 5.32 Å². The van der Waals surface area contributed by atoms with E-state index in [-0.39, 0.29) is 0 Å². The van der Waals surface area contributed by atoms with Crippen molar-refractivity contribution >= 4 is 0 Å². The molecule has 2 aliphatic rings. The smallest absolute Gasteiger partial charge is 0.00979 e. The summed E-state index contributed by atoms with van der Waals surface area (Å²) in [5.74, 6) is 3.68. The molecule has 18 heavy (non-hydrogen) atoms. The monoisotopic (exact) mass is 251 g/mol. The molecule has 0 amide bonds. The van der Waals surface area contributed by atoms with Crippen molar-refractivity contribution in [1.29, 1.82) is 0 Å². The molecule has 0 aromatic rings. The number of hydrogen-bond acceptors (Lipinski definition) is 1. The maximum absolute atomic E-state index is 4.00. The second kappa shape index (κ2) is 6.41. The van der Waals surface area contributed by atoms with Gasteiger partial charge in [0.25, 0.3) is 0 Å². The first-order chi connectivity index (χ1) is 8.58. The van der Waals surface area contributed by atoms with Crippen molar-refractivity contribution in [3.63, 3.8) is 0 Å². The predicted octanol–water partition coefficient (Wildman–Crippen LogP) is 4.62. The third kappa shape index (κ3) is 3.50. The minimum absolute atomic E-state index is 0.806. The Bertz CT molecular complexity index is 248. The molecule has 0 aromatic heterocycles. The van der Waals surface area contributed by atoms with Crippen LogP contribution in [0.5, 0.6) is 0 Å². The van der Waals surface area contributed by atoms with Gasteiger partial charge in [-0.3, -0.25) is 0 Å². The fourth-order valence-corrected chi connectivity index (χ4v) is 4.07. The van der Waals surface area contributed by atoms with Crippen LogP contribution in [0.3, 0.4) is 0 Å². The van der Waals surface area contributed by atoms with Crippen LogP contribution >= 0.6 is 0 Å². The summed E-state index contributed by atoms with van der Waals surface area (Å²) in [6.07, 6.45) is 10.0. The Kier molecular flexibility index (Phi) is 5.12. The molecule has 0 radical (unpaired) electrons. The minimum atomic E-state index is 0.806. The molecule has 0 heterocycles. The van der Waals surface area contributed by atoms with E-state index in [0.717, 1.165) is 35.8 Å². The maximum Gasteiger partial charge on any atom is 0.00979 e. The van der Waals surface area contributed by atoms with E-state index in [1.165, 1.54) is 44.9 Å². The Labute approximate surface area is 114 Å². The molecule has 2 fully saturated rings. The molecule has 0 aliphatic heterocycles. The molecule has 5 unspecified atom stereocenters. The van der Waals surface area contributed by atoms with Gasteiger partial charge in [-0.1, -0.05) is 40.5 Å². The Morgan fingerprint density at radius 1 is 0.889 bits per heavy atom. The molecular formula is C17H33N. The molecule has 0 bridgehead atoms. The highest BCUT2D eigenvalue weighted by molar-refractivity contribution is 4.88. The van der Waals surface area contributed by atoms with Gasteiger partial charge in [0.15, 0.2) is 0 Å². The van der Waals surface area contributed by atoms with Crippen molar-refractivity contribution in [3.8, 4) is 0 Å². The molecule has 5 atom stereocenters. The first-order valence-corrected chi connectivity index (χ1v) is 8.34. The average Bonchev–Trinajstić information content (AvgIpc) is 2.58. The van der Waals surface area contributed by atoms with Crippen LogP contribution in [0.4, 0.5) is 0 Å². The Morgan fingerprint density at radius 3 is 2.28 bits per heavy atom. The SMILES string of the molecule is CC(C)C1CCCC(NC2CCC(C)C2C)CC1. The van der Waals surface area contributed by atoms with Crippen molar-refractivity contribution in [3.05, 3.63) is 0 Å². The molecule has 1 heteroatoms. The maximum atomic E-state index is 4.00. The van der Waals surface area contributed by atoms with Crippen LogP contribution in [-0.4, -0.2) is 12.1 Å². The van der Waals surface area contributed by atoms with Gasteiger partial charge in [0.05, 0.1) is 0 Å². The summed E-state index contributed by atoms with van der Waals surface area (Å²) in [7, 11) is 0. The zero-order valence-electron chi connectivity index (χ0n) is 12.9. The van der Waals surface area contributed by atoms with Gasteiger partial charge in [0, 0.05) is 12.1 Å². The molecule has 2 rings (SSSR count). The molecule has 2 aliphatic carbocycles. The summed E-state index contributed by atoms with van der Waals surface area (Å²) >= 11 is 0. The van der Waals surface area contributed by atoms with E-state index < -0.39 is 0 Å². The first kappa shape index (κ1) is 14.4. The van der Waals surface area contributed by atoms with Gasteiger partial charge in [-0.25, -0.2) is 0 Å². The Morgan fingerprint density at radius 2 is 1.67 bits per heavy atom. The third-order valence-electron chi connectivity index (χ3n) is 5.87. The largest absolute Gasteiger partial charge is 0.311 e. The van der Waals surface area contributed by atoms with Gasteiger partial charge in [-0.2, -0.15) is 0 Å². The third-order valence-corrected chi connectivity index (χ3v) is 5.87. The standard InChI is InChI=1S/C17H33N/c1-12(2)15-6-5-7-16(10-9-15)18-17-11-8-13(3)14(17)4/h12-18H,5-11H2,1-4H3. The molecular weight excluding hydrogens is 218 g/mol. The fourth-order valence-electron chi connectivity index (χ4n) is 4.07. The van der Waals surface area contributed by atoms with Crippen LogP contribution in [-0.2, 0) is 0 Å². The van der Waals surface area contributed by atoms with Gasteiger partial charge in [0.2, 0.25) is 0 Å². The number of nitrogens with one attached hydrogen (secondary N) is 1. The van der Waals surface area contributed by atoms with Crippen molar-refractivity contribution in [2.75, 3.05) is 0 Å². The number of rotatable bonds is 3. The second-order valence-electron chi connectivity index (χ2n) is 7.40. The van der Waals surface area contributed by atoms with E-state index in [0.29, 0.717) is 0 Å². The lowest BCUT2D eigenvalue weighted by Gasteiger charge is -2.26. The molecule has 106 valence electrons. The van der Waals surface area contributed by atoms with Crippen LogP contribution in [0.1, 0.15) is 72.6 Å². The lowest BCUT2D eigenvalue weighted by Crippen LogP contribution is -2.40. The van der Waals surface area contributed by atoms with Gasteiger partial charge in [0.1, 0.15) is 0 Å². The molecule has 0 saturated heterocycles. The highest BCUT2D eigenvalue weighted by atomic mass is 15.0. The zero-order chi connectivity index (χ0) is 13.1. The topological polar surface area (TPSA) is 12.0 Å². The van der Waals surface area contributed by atoms with Crippen molar-refractivity contribution in [1.82, 2.24) is 5.32 Å². The number of hydrogen-bond donors (Lipinski definition) is 1. The predicted molar refractivity (Wildman–Crippen MR) is 79.7 cm³/mol. The minimum Gasteiger partial charge on any atom is -0.311 e. The quantitative estimate of drug-likeness (QED) is 0.722. The molecule has 0 spiro atoms.